The molecular formula is C18H21N3OS. The second kappa shape index (κ2) is 6.64. The Morgan fingerprint density at radius 1 is 1.17 bits per heavy atom. The predicted molar refractivity (Wildman–Crippen MR) is 96.2 cm³/mol. The summed E-state index contributed by atoms with van der Waals surface area (Å²) in [4.78, 5) is 11.5. The minimum absolute atomic E-state index is 0.424. The van der Waals surface area contributed by atoms with Crippen LogP contribution in [0.4, 0.5) is 5.82 Å². The number of aromatic nitrogens is 2. The van der Waals surface area contributed by atoms with Crippen LogP contribution in [0.5, 0.6) is 0 Å². The summed E-state index contributed by atoms with van der Waals surface area (Å²) >= 11 is 1.70. The maximum Gasteiger partial charge on any atom is 0.138 e. The second-order valence-corrected chi connectivity index (χ2v) is 6.82. The highest BCUT2D eigenvalue weighted by atomic mass is 32.1. The van der Waals surface area contributed by atoms with Gasteiger partial charge in [-0.1, -0.05) is 37.3 Å². The van der Waals surface area contributed by atoms with E-state index in [-0.39, 0.29) is 0 Å². The molecule has 0 spiro atoms. The highest BCUT2D eigenvalue weighted by molar-refractivity contribution is 7.18. The minimum Gasteiger partial charge on any atom is -0.387 e. The smallest absolute Gasteiger partial charge is 0.138 e. The molecule has 0 saturated carbocycles. The van der Waals surface area contributed by atoms with Crippen LogP contribution in [0.3, 0.4) is 0 Å². The molecule has 3 rings (SSSR count). The van der Waals surface area contributed by atoms with Gasteiger partial charge in [0.05, 0.1) is 11.5 Å². The molecule has 1 unspecified atom stereocenters. The number of aryl methyl sites for hydroxylation is 3. The first kappa shape index (κ1) is 15.9. The quantitative estimate of drug-likeness (QED) is 0.743. The van der Waals surface area contributed by atoms with E-state index in [2.05, 4.69) is 36.1 Å². The normalized spacial score (nSPS) is 12.5. The highest BCUT2D eigenvalue weighted by Gasteiger charge is 2.15. The van der Waals surface area contributed by atoms with Crippen LogP contribution in [0.25, 0.3) is 10.2 Å². The number of fused-ring (bicyclic) bond motifs is 1. The lowest BCUT2D eigenvalue weighted by Crippen LogP contribution is -2.14. The van der Waals surface area contributed by atoms with Crippen molar-refractivity contribution in [3.05, 3.63) is 52.2 Å². The van der Waals surface area contributed by atoms with Crippen molar-refractivity contribution in [1.82, 2.24) is 9.97 Å². The molecule has 1 aromatic carbocycles. The van der Waals surface area contributed by atoms with E-state index in [9.17, 15) is 5.11 Å². The summed E-state index contributed by atoms with van der Waals surface area (Å²) in [5.41, 5.74) is 2.11. The maximum absolute atomic E-state index is 10.4. The summed E-state index contributed by atoms with van der Waals surface area (Å²) in [5, 5.41) is 14.7. The van der Waals surface area contributed by atoms with Crippen molar-refractivity contribution >= 4 is 27.4 Å². The number of benzene rings is 1. The lowest BCUT2D eigenvalue weighted by atomic mass is 10.1. The largest absolute Gasteiger partial charge is 0.387 e. The molecule has 0 bridgehead atoms. The third kappa shape index (κ3) is 3.21. The van der Waals surface area contributed by atoms with Crippen molar-refractivity contribution in [1.29, 1.82) is 0 Å². The predicted octanol–water partition coefficient (Wildman–Crippen LogP) is 4.02. The number of aliphatic hydroxyl groups excluding tert-OH is 1. The van der Waals surface area contributed by atoms with Crippen molar-refractivity contribution in [3.63, 3.8) is 0 Å². The Bertz CT molecular complexity index is 814. The zero-order valence-corrected chi connectivity index (χ0v) is 14.4. The average Bonchev–Trinajstić information content (AvgIpc) is 2.87. The lowest BCUT2D eigenvalue weighted by Gasteiger charge is -2.14. The van der Waals surface area contributed by atoms with E-state index < -0.39 is 6.10 Å². The number of nitrogens with one attached hydrogen (secondary N) is 1. The monoisotopic (exact) mass is 327 g/mol. The molecule has 0 radical (unpaired) electrons. The number of nitrogens with zero attached hydrogens (tertiary/aromatic N) is 2. The first-order chi connectivity index (χ1) is 11.1. The van der Waals surface area contributed by atoms with Gasteiger partial charge in [-0.25, -0.2) is 9.97 Å². The van der Waals surface area contributed by atoms with Gasteiger partial charge in [0.25, 0.3) is 0 Å². The number of rotatable bonds is 5. The number of thiophene rings is 1. The Labute approximate surface area is 140 Å². The number of anilines is 1. The van der Waals surface area contributed by atoms with Crippen molar-refractivity contribution < 1.29 is 5.11 Å². The van der Waals surface area contributed by atoms with Crippen LogP contribution in [0.2, 0.25) is 0 Å². The molecule has 0 saturated heterocycles. The van der Waals surface area contributed by atoms with Crippen LogP contribution in [0.1, 0.15) is 34.9 Å². The van der Waals surface area contributed by atoms with Crippen LogP contribution in [-0.2, 0) is 6.42 Å². The fourth-order valence-corrected chi connectivity index (χ4v) is 3.61. The molecule has 0 aliphatic heterocycles. The third-order valence-electron chi connectivity index (χ3n) is 4.04. The molecule has 3 aromatic rings. The van der Waals surface area contributed by atoms with E-state index in [0.717, 1.165) is 33.8 Å². The fourth-order valence-electron chi connectivity index (χ4n) is 2.57. The third-order valence-corrected chi connectivity index (χ3v) is 5.14. The van der Waals surface area contributed by atoms with E-state index >= 15 is 0 Å². The van der Waals surface area contributed by atoms with Gasteiger partial charge < -0.3 is 10.4 Å². The molecule has 2 aromatic heterocycles. The summed E-state index contributed by atoms with van der Waals surface area (Å²) in [5.74, 6) is 1.65. The summed E-state index contributed by atoms with van der Waals surface area (Å²) in [7, 11) is 0. The zero-order valence-electron chi connectivity index (χ0n) is 13.6. The van der Waals surface area contributed by atoms with Gasteiger partial charge in [-0.2, -0.15) is 0 Å². The van der Waals surface area contributed by atoms with Crippen LogP contribution in [0, 0.1) is 13.8 Å². The van der Waals surface area contributed by atoms with Crippen molar-refractivity contribution in [2.75, 3.05) is 11.9 Å². The second-order valence-electron chi connectivity index (χ2n) is 5.61. The van der Waals surface area contributed by atoms with E-state index in [4.69, 9.17) is 0 Å². The molecule has 2 N–H and O–H groups in total. The van der Waals surface area contributed by atoms with Gasteiger partial charge in [0.1, 0.15) is 16.5 Å². The molecule has 5 heteroatoms. The molecule has 0 amide bonds. The van der Waals surface area contributed by atoms with Gasteiger partial charge >= 0.3 is 0 Å². The zero-order chi connectivity index (χ0) is 16.4. The van der Waals surface area contributed by atoms with Gasteiger partial charge in [-0.05, 0) is 25.0 Å². The van der Waals surface area contributed by atoms with Crippen molar-refractivity contribution in [2.45, 2.75) is 33.3 Å². The summed E-state index contributed by atoms with van der Waals surface area (Å²) in [6.45, 7) is 6.68. The van der Waals surface area contributed by atoms with E-state index in [0.29, 0.717) is 6.54 Å². The standard InChI is InChI=1S/C18H21N3OS/c1-4-15-20-17(16-11(2)12(3)23-18(16)21-15)19-10-14(22)13-8-6-5-7-9-13/h5-9,14,22H,4,10H2,1-3H3,(H,19,20,21). The molecule has 0 fully saturated rings. The molecule has 120 valence electrons. The molecule has 4 nitrogen and oxygen atoms in total. The van der Waals surface area contributed by atoms with E-state index in [1.54, 1.807) is 11.3 Å². The summed E-state index contributed by atoms with van der Waals surface area (Å²) in [6.07, 6.45) is 0.230. The van der Waals surface area contributed by atoms with Crippen LogP contribution >= 0.6 is 11.3 Å². The minimum atomic E-state index is -0.564. The first-order valence-corrected chi connectivity index (χ1v) is 8.65. The van der Waals surface area contributed by atoms with Gasteiger partial charge in [-0.15, -0.1) is 11.3 Å². The molecular weight excluding hydrogens is 306 g/mol. The van der Waals surface area contributed by atoms with Gasteiger partial charge in [0, 0.05) is 17.8 Å². The Kier molecular flexibility index (Phi) is 4.59. The van der Waals surface area contributed by atoms with E-state index in [1.807, 2.05) is 30.3 Å². The topological polar surface area (TPSA) is 58.0 Å². The van der Waals surface area contributed by atoms with Crippen molar-refractivity contribution in [3.8, 4) is 0 Å². The summed E-state index contributed by atoms with van der Waals surface area (Å²) in [6, 6.07) is 9.67. The fraction of sp³-hybridized carbons (Fsp3) is 0.333. The first-order valence-electron chi connectivity index (χ1n) is 7.83. The molecule has 2 heterocycles. The average molecular weight is 327 g/mol. The molecule has 0 aliphatic carbocycles. The molecule has 23 heavy (non-hydrogen) atoms. The lowest BCUT2D eigenvalue weighted by molar-refractivity contribution is 0.191. The van der Waals surface area contributed by atoms with Gasteiger partial charge in [0.2, 0.25) is 0 Å². The number of aliphatic hydroxyl groups is 1. The van der Waals surface area contributed by atoms with Gasteiger partial charge in [-0.3, -0.25) is 0 Å². The van der Waals surface area contributed by atoms with Gasteiger partial charge in [0.15, 0.2) is 0 Å². The Hall–Kier alpha value is -1.98. The molecule has 0 aliphatic rings. The Balaban J connectivity index is 1.90. The molecule has 1 atom stereocenters. The SMILES string of the molecule is CCc1nc(NCC(O)c2ccccc2)c2c(C)c(C)sc2n1. The number of hydrogen-bond acceptors (Lipinski definition) is 5. The number of hydrogen-bond donors (Lipinski definition) is 2. The van der Waals surface area contributed by atoms with E-state index in [1.165, 1.54) is 10.4 Å². The maximum atomic E-state index is 10.4. The van der Waals surface area contributed by atoms with Crippen molar-refractivity contribution in [2.24, 2.45) is 0 Å². The van der Waals surface area contributed by atoms with Crippen LogP contribution < -0.4 is 5.32 Å². The van der Waals surface area contributed by atoms with Crippen LogP contribution in [-0.4, -0.2) is 21.6 Å². The Morgan fingerprint density at radius 2 is 1.91 bits per heavy atom. The highest BCUT2D eigenvalue weighted by Crippen LogP contribution is 2.33. The summed E-state index contributed by atoms with van der Waals surface area (Å²) < 4.78 is 0. The Morgan fingerprint density at radius 3 is 2.61 bits per heavy atom. The van der Waals surface area contributed by atoms with Crippen LogP contribution in [0.15, 0.2) is 30.3 Å².